The van der Waals surface area contributed by atoms with Gasteiger partial charge >= 0.3 is 44.4 Å². The zero-order chi connectivity index (χ0) is 10.7. The Kier molecular flexibility index (Phi) is 32.0. The van der Waals surface area contributed by atoms with Crippen molar-refractivity contribution in [3.05, 3.63) is 60.7 Å². The number of rotatable bonds is 2. The van der Waals surface area contributed by atoms with Gasteiger partial charge in [-0.05, 0) is 10.4 Å². The van der Waals surface area contributed by atoms with Gasteiger partial charge in [-0.1, -0.05) is 90.4 Å². The van der Waals surface area contributed by atoms with Crippen LogP contribution in [0.2, 0.25) is 0 Å². The van der Waals surface area contributed by atoms with Crippen LogP contribution in [0.25, 0.3) is 0 Å². The van der Waals surface area contributed by atoms with Crippen LogP contribution in [0.15, 0.2) is 60.7 Å². The zero-order valence-electron chi connectivity index (χ0n) is 12.0. The van der Waals surface area contributed by atoms with Gasteiger partial charge in [0.15, 0.2) is 17.4 Å². The second-order valence-corrected chi connectivity index (χ2v) is 9.59. The average Bonchev–Trinajstić information content (AvgIpc) is 2.31. The SMILES string of the molecule is C.C.C.C.Cl[Si](Cl)(c1ccccc1)c1ccccc1.[AlH3].[H-].[H-].[Li+].[Li+]. The fraction of sp³-hybridized carbons (Fsp3) is 0.250. The third-order valence-corrected chi connectivity index (χ3v) is 7.01. The molecule has 0 amide bonds. The van der Waals surface area contributed by atoms with Gasteiger partial charge in [0.05, 0.1) is 0 Å². The first-order chi connectivity index (χ1) is 7.21. The zero-order valence-corrected chi connectivity index (χ0v) is 12.5. The van der Waals surface area contributed by atoms with Crippen LogP contribution in [0.1, 0.15) is 32.6 Å². The molecule has 0 bridgehead atoms. The molecule has 0 aliphatic rings. The Morgan fingerprint density at radius 3 is 1.05 bits per heavy atom. The first-order valence-corrected chi connectivity index (χ1v) is 8.72. The van der Waals surface area contributed by atoms with Crippen molar-refractivity contribution in [3.63, 3.8) is 0 Å². The molecule has 0 N–H and O–H groups in total. The predicted molar refractivity (Wildman–Crippen MR) is 109 cm³/mol. The Labute approximate surface area is 186 Å². The second-order valence-electron chi connectivity index (χ2n) is 3.31. The van der Waals surface area contributed by atoms with Crippen LogP contribution in [0.5, 0.6) is 0 Å². The Hall–Kier alpha value is 0.964. The van der Waals surface area contributed by atoms with E-state index in [0.29, 0.717) is 0 Å². The summed E-state index contributed by atoms with van der Waals surface area (Å²) in [6, 6.07) is 19.7. The van der Waals surface area contributed by atoms with Gasteiger partial charge in [0, 0.05) is 0 Å². The van der Waals surface area contributed by atoms with Gasteiger partial charge in [0.25, 0.3) is 0 Å². The molecule has 0 nitrogen and oxygen atoms in total. The molecule has 2 aromatic carbocycles. The van der Waals surface area contributed by atoms with E-state index in [1.807, 2.05) is 60.7 Å². The van der Waals surface area contributed by atoms with Gasteiger partial charge in [0.2, 0.25) is 0 Å². The third kappa shape index (κ3) is 9.96. The molecule has 2 rings (SSSR count). The van der Waals surface area contributed by atoms with Crippen molar-refractivity contribution in [1.29, 1.82) is 0 Å². The minimum atomic E-state index is -2.51. The van der Waals surface area contributed by atoms with Crippen LogP contribution >= 0.6 is 22.2 Å². The van der Waals surface area contributed by atoms with Crippen LogP contribution in [0.4, 0.5) is 0 Å². The summed E-state index contributed by atoms with van der Waals surface area (Å²) in [5.41, 5.74) is 0. The van der Waals surface area contributed by atoms with E-state index >= 15 is 0 Å². The normalized spacial score (nSPS) is 7.73. The molecule has 0 spiro atoms. The van der Waals surface area contributed by atoms with Crippen molar-refractivity contribution >= 4 is 56.6 Å². The van der Waals surface area contributed by atoms with Crippen molar-refractivity contribution in [2.45, 2.75) is 29.7 Å². The van der Waals surface area contributed by atoms with Crippen LogP contribution in [0, 0.1) is 0 Å². The average molecular weight is 363 g/mol. The fourth-order valence-electron chi connectivity index (χ4n) is 1.46. The van der Waals surface area contributed by atoms with Gasteiger partial charge in [0.1, 0.15) is 0 Å². The Morgan fingerprint density at radius 1 is 0.591 bits per heavy atom. The topological polar surface area (TPSA) is 0 Å². The molecule has 0 saturated carbocycles. The Bertz CT molecular complexity index is 411. The van der Waals surface area contributed by atoms with Crippen molar-refractivity contribution in [2.75, 3.05) is 0 Å². The molecule has 118 valence electrons. The molecule has 2 aromatic rings. The summed E-state index contributed by atoms with van der Waals surface area (Å²) in [5, 5.41) is 2.05. The number of halogens is 2. The summed E-state index contributed by atoms with van der Waals surface area (Å²) in [7, 11) is 0. The summed E-state index contributed by atoms with van der Waals surface area (Å²) in [4.78, 5) is 0. The first-order valence-electron chi connectivity index (χ1n) is 4.70. The molecule has 6 heteroatoms. The summed E-state index contributed by atoms with van der Waals surface area (Å²) < 4.78 is 0. The molecule has 0 aromatic heterocycles. The van der Waals surface area contributed by atoms with Gasteiger partial charge in [-0.25, -0.2) is 0 Å². The molecular formula is C16H31AlCl2Li2Si. The Morgan fingerprint density at radius 2 is 0.818 bits per heavy atom. The van der Waals surface area contributed by atoms with Crippen molar-refractivity contribution < 1.29 is 40.6 Å². The van der Waals surface area contributed by atoms with E-state index in [9.17, 15) is 0 Å². The van der Waals surface area contributed by atoms with E-state index in [1.54, 1.807) is 0 Å². The molecule has 0 unspecified atom stereocenters. The van der Waals surface area contributed by atoms with Crippen LogP contribution in [0.3, 0.4) is 0 Å². The molecule has 0 atom stereocenters. The summed E-state index contributed by atoms with van der Waals surface area (Å²) in [6.45, 7) is -2.51. The third-order valence-electron chi connectivity index (χ3n) is 2.27. The summed E-state index contributed by atoms with van der Waals surface area (Å²) in [5.74, 6) is 0. The quantitative estimate of drug-likeness (QED) is 0.442. The van der Waals surface area contributed by atoms with Gasteiger partial charge in [-0.2, -0.15) is 0 Å². The van der Waals surface area contributed by atoms with Crippen LogP contribution < -0.4 is 48.1 Å². The number of benzene rings is 2. The van der Waals surface area contributed by atoms with E-state index in [1.165, 1.54) is 0 Å². The van der Waals surface area contributed by atoms with E-state index in [0.717, 1.165) is 10.4 Å². The maximum atomic E-state index is 6.49. The monoisotopic (exact) mass is 362 g/mol. The maximum absolute atomic E-state index is 6.49. The molecule has 0 heterocycles. The minimum Gasteiger partial charge on any atom is -1.00 e. The second kappa shape index (κ2) is 18.3. The van der Waals surface area contributed by atoms with Crippen LogP contribution in [-0.4, -0.2) is 24.1 Å². The van der Waals surface area contributed by atoms with Crippen molar-refractivity contribution in [2.24, 2.45) is 0 Å². The fourth-order valence-corrected chi connectivity index (χ4v) is 4.53. The van der Waals surface area contributed by atoms with E-state index in [2.05, 4.69) is 0 Å². The van der Waals surface area contributed by atoms with E-state index in [4.69, 9.17) is 22.2 Å². The van der Waals surface area contributed by atoms with Crippen molar-refractivity contribution in [3.8, 4) is 0 Å². The molecule has 0 aliphatic carbocycles. The van der Waals surface area contributed by atoms with Crippen molar-refractivity contribution in [1.82, 2.24) is 0 Å². The Balaban J connectivity index is -0.0000000474. The molecule has 0 saturated heterocycles. The van der Waals surface area contributed by atoms with E-state index < -0.39 is 6.69 Å². The molecule has 0 aliphatic heterocycles. The number of hydrogen-bond donors (Lipinski definition) is 0. The van der Waals surface area contributed by atoms with E-state index in [-0.39, 0.29) is 87.6 Å². The molecule has 0 radical (unpaired) electrons. The maximum Gasteiger partial charge on any atom is 1.00 e. The summed E-state index contributed by atoms with van der Waals surface area (Å²) >= 11 is 13.0. The predicted octanol–water partition coefficient (Wildman–Crippen LogP) is -1.69. The van der Waals surface area contributed by atoms with Gasteiger partial charge in [-0.3, -0.25) is 0 Å². The first kappa shape index (κ1) is 38.5. The molecular weight excluding hydrogens is 332 g/mol. The van der Waals surface area contributed by atoms with Gasteiger partial charge < -0.3 is 2.85 Å². The molecule has 22 heavy (non-hydrogen) atoms. The summed E-state index contributed by atoms with van der Waals surface area (Å²) in [6.07, 6.45) is 0. The minimum absolute atomic E-state index is 0. The van der Waals surface area contributed by atoms with Crippen LogP contribution in [-0.2, 0) is 0 Å². The molecule has 0 fully saturated rings. The smallest absolute Gasteiger partial charge is 1.00 e. The largest absolute Gasteiger partial charge is 1.00 e. The van der Waals surface area contributed by atoms with Gasteiger partial charge in [-0.15, -0.1) is 22.2 Å². The number of hydrogen-bond acceptors (Lipinski definition) is 0. The standard InChI is InChI=1S/C12H10Cl2Si.4CH4.Al.2Li.5H/c13-15(14,11-7-3-1-4-8-11)12-9-5-2-6-10-12;;;;;;;;;;;;/h1-10H;4*1H4;;;;;;;;/q;;;;;;2*+1;;;;2*-1.